The van der Waals surface area contributed by atoms with E-state index < -0.39 is 18.5 Å². The first-order valence-electron chi connectivity index (χ1n) is 8.81. The van der Waals surface area contributed by atoms with Crippen molar-refractivity contribution in [2.45, 2.75) is 6.92 Å². The van der Waals surface area contributed by atoms with Gasteiger partial charge in [0.15, 0.2) is 23.9 Å². The monoisotopic (exact) mass is 664 g/mol. The molecule has 0 spiro atoms. The topological polar surface area (TPSA) is 110 Å². The highest BCUT2D eigenvalue weighted by atomic mass is 127. The summed E-state index contributed by atoms with van der Waals surface area (Å²) in [7, 11) is 0. The van der Waals surface area contributed by atoms with E-state index in [2.05, 4.69) is 65.0 Å². The maximum Gasteiger partial charge on any atom is 0.341 e. The van der Waals surface area contributed by atoms with E-state index in [0.29, 0.717) is 28.0 Å². The van der Waals surface area contributed by atoms with Crippen molar-refractivity contribution >= 4 is 83.5 Å². The molecule has 1 heterocycles. The fourth-order valence-electron chi connectivity index (χ4n) is 2.61. The third-order valence-corrected chi connectivity index (χ3v) is 5.66. The second-order valence-corrected chi connectivity index (χ2v) is 8.99. The number of amides is 1. The molecule has 0 aliphatic rings. The first kappa shape index (κ1) is 23.5. The average molecular weight is 666 g/mol. The van der Waals surface area contributed by atoms with Crippen LogP contribution in [0, 0.1) is 3.57 Å². The molecule has 0 fully saturated rings. The minimum Gasteiger partial charge on any atom is -0.490 e. The van der Waals surface area contributed by atoms with Crippen molar-refractivity contribution in [3.63, 3.8) is 0 Å². The molecule has 0 saturated heterocycles. The summed E-state index contributed by atoms with van der Waals surface area (Å²) in [5, 5.41) is 13.6. The lowest BCUT2D eigenvalue weighted by atomic mass is 10.2. The number of halogens is 3. The lowest BCUT2D eigenvalue weighted by Crippen LogP contribution is -2.16. The van der Waals surface area contributed by atoms with Crippen LogP contribution in [-0.4, -0.2) is 36.4 Å². The molecule has 11 heteroatoms. The quantitative estimate of drug-likeness (QED) is 0.195. The van der Waals surface area contributed by atoms with E-state index in [4.69, 9.17) is 19.0 Å². The number of nitrogens with one attached hydrogen (secondary N) is 1. The zero-order valence-corrected chi connectivity index (χ0v) is 21.3. The second-order valence-electron chi connectivity index (χ2n) is 6.06. The van der Waals surface area contributed by atoms with E-state index >= 15 is 0 Å². The highest BCUT2D eigenvalue weighted by molar-refractivity contribution is 14.1. The van der Waals surface area contributed by atoms with Crippen LogP contribution in [0.2, 0.25) is 0 Å². The Bertz CT molecular complexity index is 1180. The van der Waals surface area contributed by atoms with Gasteiger partial charge in [0.25, 0.3) is 0 Å². The summed E-state index contributed by atoms with van der Waals surface area (Å²) in [6.07, 6.45) is 1.43. The second kappa shape index (κ2) is 10.5. The predicted octanol–water partition coefficient (Wildman–Crippen LogP) is 5.19. The summed E-state index contributed by atoms with van der Waals surface area (Å²) in [5.41, 5.74) is 3.65. The zero-order valence-electron chi connectivity index (χ0n) is 15.9. The molecule has 31 heavy (non-hydrogen) atoms. The Balaban J connectivity index is 1.76. The Hall–Kier alpha value is -2.12. The van der Waals surface area contributed by atoms with E-state index in [1.807, 2.05) is 12.1 Å². The molecular weight excluding hydrogens is 651 g/mol. The summed E-state index contributed by atoms with van der Waals surface area (Å²) in [4.78, 5) is 23.2. The van der Waals surface area contributed by atoms with Gasteiger partial charge in [0, 0.05) is 9.86 Å². The number of hydrogen-bond acceptors (Lipinski definition) is 6. The van der Waals surface area contributed by atoms with Crippen LogP contribution in [0.1, 0.15) is 23.0 Å². The van der Waals surface area contributed by atoms with Crippen molar-refractivity contribution in [3.8, 4) is 11.5 Å². The highest BCUT2D eigenvalue weighted by Crippen LogP contribution is 2.36. The number of carbonyl (C=O) groups is 2. The zero-order chi connectivity index (χ0) is 22.5. The first-order valence-corrected chi connectivity index (χ1v) is 11.5. The van der Waals surface area contributed by atoms with Gasteiger partial charge in [-0.3, -0.25) is 4.79 Å². The van der Waals surface area contributed by atoms with Crippen molar-refractivity contribution in [1.82, 2.24) is 5.43 Å². The fourth-order valence-corrected chi connectivity index (χ4v) is 4.84. The largest absolute Gasteiger partial charge is 0.490 e. The molecule has 2 aromatic carbocycles. The van der Waals surface area contributed by atoms with Crippen LogP contribution in [-0.2, 0) is 4.79 Å². The van der Waals surface area contributed by atoms with Gasteiger partial charge >= 0.3 is 11.9 Å². The first-order chi connectivity index (χ1) is 14.8. The number of hydrogen-bond donors (Lipinski definition) is 2. The molecule has 3 rings (SSSR count). The highest BCUT2D eigenvalue weighted by Gasteiger charge is 2.15. The van der Waals surface area contributed by atoms with Gasteiger partial charge in [-0.1, -0.05) is 15.9 Å². The van der Waals surface area contributed by atoms with Crippen LogP contribution < -0.4 is 14.9 Å². The number of fused-ring (bicyclic) bond motifs is 1. The van der Waals surface area contributed by atoms with Gasteiger partial charge in [0.1, 0.15) is 5.58 Å². The minimum absolute atomic E-state index is 0.136. The Labute approximate surface area is 207 Å². The van der Waals surface area contributed by atoms with Crippen molar-refractivity contribution in [2.24, 2.45) is 5.10 Å². The van der Waals surface area contributed by atoms with Crippen LogP contribution in [0.15, 0.2) is 48.8 Å². The van der Waals surface area contributed by atoms with Gasteiger partial charge in [-0.25, -0.2) is 10.2 Å². The summed E-state index contributed by atoms with van der Waals surface area (Å²) in [6.45, 7) is 1.65. The predicted molar refractivity (Wildman–Crippen MR) is 130 cm³/mol. The van der Waals surface area contributed by atoms with Gasteiger partial charge in [-0.05, 0) is 81.3 Å². The molecule has 0 aliphatic heterocycles. The lowest BCUT2D eigenvalue weighted by Gasteiger charge is -2.13. The Kier molecular flexibility index (Phi) is 7.94. The van der Waals surface area contributed by atoms with Crippen LogP contribution in [0.5, 0.6) is 11.5 Å². The van der Waals surface area contributed by atoms with E-state index in [1.165, 1.54) is 6.21 Å². The molecular formula is C20H15Br2IN2O6. The van der Waals surface area contributed by atoms with Crippen LogP contribution in [0.4, 0.5) is 0 Å². The van der Waals surface area contributed by atoms with E-state index in [-0.39, 0.29) is 11.5 Å². The SMILES string of the molecule is CCOc1cc(/C=N\NC(=O)c2cc3cc(Br)cc(I)c3o2)cc(Br)c1OCC(=O)O. The molecule has 0 unspecified atom stereocenters. The van der Waals surface area contributed by atoms with Crippen molar-refractivity contribution in [1.29, 1.82) is 0 Å². The standard InChI is InChI=1S/C20H15Br2IN2O6/c1-2-29-15-4-10(3-13(22)19(15)30-9-17(26)27)8-24-25-20(28)16-6-11-5-12(21)7-14(23)18(11)31-16/h3-8H,2,9H2,1H3,(H,25,28)(H,26,27)/b24-8-. The fraction of sp³-hybridized carbons (Fsp3) is 0.150. The molecule has 1 aromatic heterocycles. The molecule has 0 bridgehead atoms. The van der Waals surface area contributed by atoms with Gasteiger partial charge in [0.05, 0.1) is 20.9 Å². The third kappa shape index (κ3) is 5.98. The molecule has 2 N–H and O–H groups in total. The Morgan fingerprint density at radius 3 is 2.71 bits per heavy atom. The number of nitrogens with zero attached hydrogens (tertiary/aromatic N) is 1. The van der Waals surface area contributed by atoms with E-state index in [0.717, 1.165) is 13.4 Å². The van der Waals surface area contributed by atoms with Crippen LogP contribution >= 0.6 is 54.5 Å². The molecule has 1 amide bonds. The number of benzene rings is 2. The van der Waals surface area contributed by atoms with Gasteiger partial charge in [-0.2, -0.15) is 5.10 Å². The number of furan rings is 1. The smallest absolute Gasteiger partial charge is 0.341 e. The molecule has 0 atom stereocenters. The van der Waals surface area contributed by atoms with E-state index in [1.54, 1.807) is 25.1 Å². The number of carbonyl (C=O) groups excluding carboxylic acids is 1. The minimum atomic E-state index is -1.10. The molecule has 0 aliphatic carbocycles. The number of carboxylic acids is 1. The maximum atomic E-state index is 12.4. The lowest BCUT2D eigenvalue weighted by molar-refractivity contribution is -0.139. The maximum absolute atomic E-state index is 12.4. The Morgan fingerprint density at radius 2 is 2.00 bits per heavy atom. The number of aliphatic carboxylic acids is 1. The normalized spacial score (nSPS) is 11.1. The molecule has 162 valence electrons. The third-order valence-electron chi connectivity index (χ3n) is 3.81. The number of ether oxygens (including phenoxy) is 2. The summed E-state index contributed by atoms with van der Waals surface area (Å²) in [5.74, 6) is -0.839. The number of carboxylic acid groups (broad SMARTS) is 1. The van der Waals surface area contributed by atoms with Crippen molar-refractivity contribution < 1.29 is 28.6 Å². The molecule has 8 nitrogen and oxygen atoms in total. The van der Waals surface area contributed by atoms with Crippen molar-refractivity contribution in [2.75, 3.05) is 13.2 Å². The summed E-state index contributed by atoms with van der Waals surface area (Å²) < 4.78 is 18.7. The average Bonchev–Trinajstić information content (AvgIpc) is 3.12. The van der Waals surface area contributed by atoms with Crippen LogP contribution in [0.25, 0.3) is 11.0 Å². The summed E-state index contributed by atoms with van der Waals surface area (Å²) >= 11 is 8.90. The number of rotatable bonds is 8. The van der Waals surface area contributed by atoms with Crippen molar-refractivity contribution in [3.05, 3.63) is 54.2 Å². The molecule has 0 radical (unpaired) electrons. The van der Waals surface area contributed by atoms with Gasteiger partial charge in [0.2, 0.25) is 0 Å². The van der Waals surface area contributed by atoms with Gasteiger partial charge < -0.3 is 19.0 Å². The number of hydrazone groups is 1. The van der Waals surface area contributed by atoms with E-state index in [9.17, 15) is 9.59 Å². The van der Waals surface area contributed by atoms with Crippen LogP contribution in [0.3, 0.4) is 0 Å². The van der Waals surface area contributed by atoms with Gasteiger partial charge in [-0.15, -0.1) is 0 Å². The Morgan fingerprint density at radius 1 is 1.23 bits per heavy atom. The summed E-state index contributed by atoms with van der Waals surface area (Å²) in [6, 6.07) is 8.69. The molecule has 3 aromatic rings. The molecule has 0 saturated carbocycles.